The molecule has 1 N–H and O–H groups in total. The molecule has 0 radical (unpaired) electrons. The van der Waals surface area contributed by atoms with Gasteiger partial charge in [-0.05, 0) is 68.3 Å². The van der Waals surface area contributed by atoms with Gasteiger partial charge in [0.25, 0.3) is 5.91 Å². The molecular weight excluding hydrogens is 414 g/mol. The van der Waals surface area contributed by atoms with E-state index < -0.39 is 0 Å². The predicted octanol–water partition coefficient (Wildman–Crippen LogP) is 5.14. The third-order valence-electron chi connectivity index (χ3n) is 5.53. The number of aromatic nitrogens is 2. The van der Waals surface area contributed by atoms with Crippen molar-refractivity contribution in [1.29, 1.82) is 0 Å². The molecule has 1 amide bonds. The summed E-state index contributed by atoms with van der Waals surface area (Å²) in [5.74, 6) is 2.42. The Kier molecular flexibility index (Phi) is 7.25. The lowest BCUT2D eigenvalue weighted by Gasteiger charge is -2.11. The van der Waals surface area contributed by atoms with Crippen molar-refractivity contribution in [2.24, 2.45) is 0 Å². The van der Waals surface area contributed by atoms with E-state index >= 15 is 0 Å². The molecule has 6 heteroatoms. The summed E-state index contributed by atoms with van der Waals surface area (Å²) in [5.41, 5.74) is 3.74. The van der Waals surface area contributed by atoms with Crippen molar-refractivity contribution in [3.63, 3.8) is 0 Å². The SMILES string of the molecule is COc1ccc(OCCCCn2c(CNC(=O)c3cccc(C)c3)nc3ccccc32)cc1. The van der Waals surface area contributed by atoms with Gasteiger partial charge in [0, 0.05) is 12.1 Å². The molecule has 6 nitrogen and oxygen atoms in total. The van der Waals surface area contributed by atoms with Gasteiger partial charge in [0.1, 0.15) is 17.3 Å². The molecule has 0 aliphatic carbocycles. The summed E-state index contributed by atoms with van der Waals surface area (Å²) in [6.45, 7) is 3.80. The first kappa shape index (κ1) is 22.4. The van der Waals surface area contributed by atoms with Crippen LogP contribution in [0.4, 0.5) is 0 Å². The van der Waals surface area contributed by atoms with Crippen molar-refractivity contribution in [3.05, 3.63) is 89.7 Å². The highest BCUT2D eigenvalue weighted by atomic mass is 16.5. The van der Waals surface area contributed by atoms with E-state index in [0.717, 1.165) is 53.3 Å². The highest BCUT2D eigenvalue weighted by Gasteiger charge is 2.12. The number of carbonyl (C=O) groups excluding carboxylic acids is 1. The van der Waals surface area contributed by atoms with Crippen LogP contribution in [0.5, 0.6) is 11.5 Å². The molecule has 0 atom stereocenters. The average Bonchev–Trinajstić information content (AvgIpc) is 3.20. The van der Waals surface area contributed by atoms with Crippen molar-refractivity contribution in [2.75, 3.05) is 13.7 Å². The molecule has 1 aromatic heterocycles. The molecule has 3 aromatic carbocycles. The summed E-state index contributed by atoms with van der Waals surface area (Å²) >= 11 is 0. The molecule has 4 rings (SSSR count). The zero-order valence-corrected chi connectivity index (χ0v) is 19.1. The molecule has 0 unspecified atom stereocenters. The molecule has 0 bridgehead atoms. The van der Waals surface area contributed by atoms with Gasteiger partial charge in [0.15, 0.2) is 0 Å². The molecule has 0 aliphatic heterocycles. The van der Waals surface area contributed by atoms with Crippen LogP contribution in [0.25, 0.3) is 11.0 Å². The number of benzene rings is 3. The van der Waals surface area contributed by atoms with Crippen molar-refractivity contribution in [2.45, 2.75) is 32.9 Å². The number of nitrogens with zero attached hydrogens (tertiary/aromatic N) is 2. The van der Waals surface area contributed by atoms with Gasteiger partial charge in [-0.25, -0.2) is 4.98 Å². The van der Waals surface area contributed by atoms with E-state index in [1.165, 1.54) is 0 Å². The predicted molar refractivity (Wildman–Crippen MR) is 130 cm³/mol. The van der Waals surface area contributed by atoms with Gasteiger partial charge < -0.3 is 19.4 Å². The number of hydrogen-bond acceptors (Lipinski definition) is 4. The number of ether oxygens (including phenoxy) is 2. The van der Waals surface area contributed by atoms with Crippen molar-refractivity contribution in [3.8, 4) is 11.5 Å². The summed E-state index contributed by atoms with van der Waals surface area (Å²) in [5, 5.41) is 3.02. The van der Waals surface area contributed by atoms with Crippen LogP contribution in [-0.2, 0) is 13.1 Å². The molecular formula is C27H29N3O3. The molecule has 0 fully saturated rings. The summed E-state index contributed by atoms with van der Waals surface area (Å²) < 4.78 is 13.2. The van der Waals surface area contributed by atoms with Gasteiger partial charge in [0.05, 0.1) is 31.3 Å². The van der Waals surface area contributed by atoms with Gasteiger partial charge in [-0.1, -0.05) is 29.8 Å². The Bertz CT molecular complexity index is 1220. The first-order valence-corrected chi connectivity index (χ1v) is 11.2. The first-order chi connectivity index (χ1) is 16.1. The number of carbonyl (C=O) groups is 1. The fraction of sp³-hybridized carbons (Fsp3) is 0.259. The van der Waals surface area contributed by atoms with Gasteiger partial charge in [0.2, 0.25) is 0 Å². The van der Waals surface area contributed by atoms with E-state index in [2.05, 4.69) is 16.0 Å². The highest BCUT2D eigenvalue weighted by molar-refractivity contribution is 5.94. The number of amides is 1. The quantitative estimate of drug-likeness (QED) is 0.345. The second kappa shape index (κ2) is 10.7. The van der Waals surface area contributed by atoms with Crippen LogP contribution in [0.15, 0.2) is 72.8 Å². The Balaban J connectivity index is 1.36. The second-order valence-electron chi connectivity index (χ2n) is 7.95. The molecule has 170 valence electrons. The standard InChI is InChI=1S/C27H29N3O3/c1-20-8-7-9-21(18-20)27(31)28-19-26-29-24-10-3-4-11-25(24)30(26)16-5-6-17-33-23-14-12-22(32-2)13-15-23/h3-4,7-15,18H,5-6,16-17,19H2,1-2H3,(H,28,31). The van der Waals surface area contributed by atoms with E-state index in [1.807, 2.05) is 73.7 Å². The maximum absolute atomic E-state index is 12.6. The van der Waals surface area contributed by atoms with Crippen LogP contribution in [-0.4, -0.2) is 29.2 Å². The average molecular weight is 444 g/mol. The maximum atomic E-state index is 12.6. The van der Waals surface area contributed by atoms with E-state index in [0.29, 0.717) is 18.7 Å². The minimum Gasteiger partial charge on any atom is -0.497 e. The van der Waals surface area contributed by atoms with E-state index in [9.17, 15) is 4.79 Å². The third kappa shape index (κ3) is 5.71. The van der Waals surface area contributed by atoms with Crippen LogP contribution in [0.2, 0.25) is 0 Å². The Morgan fingerprint density at radius 2 is 1.76 bits per heavy atom. The topological polar surface area (TPSA) is 65.4 Å². The zero-order valence-electron chi connectivity index (χ0n) is 19.1. The number of unbranched alkanes of at least 4 members (excludes halogenated alkanes) is 1. The third-order valence-corrected chi connectivity index (χ3v) is 5.53. The normalized spacial score (nSPS) is 10.8. The second-order valence-corrected chi connectivity index (χ2v) is 7.95. The lowest BCUT2D eigenvalue weighted by Crippen LogP contribution is -2.25. The molecule has 0 spiro atoms. The van der Waals surface area contributed by atoms with Crippen LogP contribution < -0.4 is 14.8 Å². The Labute approximate surface area is 194 Å². The summed E-state index contributed by atoms with van der Waals surface area (Å²) in [6.07, 6.45) is 1.85. The van der Waals surface area contributed by atoms with Gasteiger partial charge in [-0.2, -0.15) is 0 Å². The fourth-order valence-corrected chi connectivity index (χ4v) is 3.79. The zero-order chi connectivity index (χ0) is 23.0. The lowest BCUT2D eigenvalue weighted by molar-refractivity contribution is 0.0949. The molecule has 1 heterocycles. The Morgan fingerprint density at radius 3 is 2.55 bits per heavy atom. The van der Waals surface area contributed by atoms with Crippen molar-refractivity contribution >= 4 is 16.9 Å². The number of para-hydroxylation sites is 2. The van der Waals surface area contributed by atoms with Crippen LogP contribution in [0.3, 0.4) is 0 Å². The summed E-state index contributed by atoms with van der Waals surface area (Å²) in [6, 6.07) is 23.3. The maximum Gasteiger partial charge on any atom is 0.251 e. The van der Waals surface area contributed by atoms with Crippen LogP contribution in [0, 0.1) is 6.92 Å². The molecule has 0 saturated heterocycles. The monoisotopic (exact) mass is 443 g/mol. The number of imidazole rings is 1. The summed E-state index contributed by atoms with van der Waals surface area (Å²) in [7, 11) is 1.65. The Hall–Kier alpha value is -3.80. The van der Waals surface area contributed by atoms with Crippen molar-refractivity contribution < 1.29 is 14.3 Å². The molecule has 33 heavy (non-hydrogen) atoms. The number of fused-ring (bicyclic) bond motifs is 1. The van der Waals surface area contributed by atoms with Crippen LogP contribution >= 0.6 is 0 Å². The summed E-state index contributed by atoms with van der Waals surface area (Å²) in [4.78, 5) is 17.4. The van der Waals surface area contributed by atoms with Gasteiger partial charge in [-0.15, -0.1) is 0 Å². The van der Waals surface area contributed by atoms with Crippen molar-refractivity contribution in [1.82, 2.24) is 14.9 Å². The van der Waals surface area contributed by atoms with Crippen LogP contribution in [0.1, 0.15) is 34.6 Å². The van der Waals surface area contributed by atoms with E-state index in [4.69, 9.17) is 14.5 Å². The smallest absolute Gasteiger partial charge is 0.251 e. The number of aryl methyl sites for hydroxylation is 2. The Morgan fingerprint density at radius 1 is 0.970 bits per heavy atom. The first-order valence-electron chi connectivity index (χ1n) is 11.2. The number of hydrogen-bond donors (Lipinski definition) is 1. The van der Waals surface area contributed by atoms with Gasteiger partial charge in [-0.3, -0.25) is 4.79 Å². The molecule has 4 aromatic rings. The highest BCUT2D eigenvalue weighted by Crippen LogP contribution is 2.19. The number of methoxy groups -OCH3 is 1. The van der Waals surface area contributed by atoms with E-state index in [-0.39, 0.29) is 5.91 Å². The van der Waals surface area contributed by atoms with Gasteiger partial charge >= 0.3 is 0 Å². The number of rotatable bonds is 10. The largest absolute Gasteiger partial charge is 0.497 e. The molecule has 0 aliphatic rings. The molecule has 0 saturated carbocycles. The lowest BCUT2D eigenvalue weighted by atomic mass is 10.1. The minimum atomic E-state index is -0.0924. The van der Waals surface area contributed by atoms with E-state index in [1.54, 1.807) is 7.11 Å². The number of nitrogens with one attached hydrogen (secondary N) is 1. The fourth-order valence-electron chi connectivity index (χ4n) is 3.79. The minimum absolute atomic E-state index is 0.0924.